The van der Waals surface area contributed by atoms with Gasteiger partial charge >= 0.3 is 0 Å². The lowest BCUT2D eigenvalue weighted by atomic mass is 9.74. The zero-order valence-electron chi connectivity index (χ0n) is 19.8. The van der Waals surface area contributed by atoms with E-state index in [1.807, 2.05) is 18.5 Å². The minimum absolute atomic E-state index is 0.0660. The molecule has 1 amide bonds. The average molecular weight is 466 g/mol. The lowest BCUT2D eigenvalue weighted by Gasteiger charge is -2.34. The van der Waals surface area contributed by atoms with Gasteiger partial charge in [0.05, 0.1) is 6.04 Å². The number of pyridine rings is 1. The van der Waals surface area contributed by atoms with E-state index < -0.39 is 0 Å². The molecule has 3 fully saturated rings. The van der Waals surface area contributed by atoms with Crippen LogP contribution >= 0.6 is 0 Å². The predicted molar refractivity (Wildman–Crippen MR) is 130 cm³/mol. The number of hydrogen-bond donors (Lipinski definition) is 3. The van der Waals surface area contributed by atoms with Crippen molar-refractivity contribution < 1.29 is 9.18 Å². The summed E-state index contributed by atoms with van der Waals surface area (Å²) >= 11 is 0. The number of rotatable bonds is 6. The molecule has 2 saturated heterocycles. The van der Waals surface area contributed by atoms with E-state index in [0.29, 0.717) is 12.0 Å². The molecule has 2 aliphatic heterocycles. The number of carbonyl (C=O) groups is 1. The van der Waals surface area contributed by atoms with Crippen LogP contribution in [-0.2, 0) is 11.2 Å². The van der Waals surface area contributed by atoms with Gasteiger partial charge in [0.25, 0.3) is 0 Å². The van der Waals surface area contributed by atoms with Crippen LogP contribution in [0.4, 0.5) is 4.39 Å². The molecule has 1 saturated carbocycles. The summed E-state index contributed by atoms with van der Waals surface area (Å²) in [5.74, 6) is 0.517. The van der Waals surface area contributed by atoms with E-state index in [4.69, 9.17) is 0 Å². The van der Waals surface area contributed by atoms with Crippen LogP contribution in [0.15, 0.2) is 48.8 Å². The van der Waals surface area contributed by atoms with Crippen molar-refractivity contribution in [3.63, 3.8) is 0 Å². The topological polar surface area (TPSA) is 69.3 Å². The van der Waals surface area contributed by atoms with Crippen LogP contribution in [0.1, 0.15) is 55.7 Å². The maximum Gasteiger partial charge on any atom is 0.223 e. The van der Waals surface area contributed by atoms with Crippen LogP contribution in [0.3, 0.4) is 0 Å². The van der Waals surface area contributed by atoms with Gasteiger partial charge in [-0.1, -0.05) is 18.6 Å². The SMILES string of the molecule is O=C(NC1CCCCN(CCc2cccc(F)c2)C1)C1CCC2NNC(c3ccncc3)C2C1. The first-order valence-corrected chi connectivity index (χ1v) is 12.8. The van der Waals surface area contributed by atoms with Gasteiger partial charge in [0.1, 0.15) is 5.82 Å². The van der Waals surface area contributed by atoms with Gasteiger partial charge in [-0.2, -0.15) is 0 Å². The van der Waals surface area contributed by atoms with E-state index in [-0.39, 0.29) is 29.7 Å². The molecule has 5 atom stereocenters. The Labute approximate surface area is 201 Å². The fraction of sp³-hybridized carbons (Fsp3) is 0.556. The third-order valence-corrected chi connectivity index (χ3v) is 7.90. The summed E-state index contributed by atoms with van der Waals surface area (Å²) in [6.07, 6.45) is 10.7. The van der Waals surface area contributed by atoms with Gasteiger partial charge in [-0.15, -0.1) is 0 Å². The number of likely N-dealkylation sites (tertiary alicyclic amines) is 1. The highest BCUT2D eigenvalue weighted by molar-refractivity contribution is 5.79. The highest BCUT2D eigenvalue weighted by Crippen LogP contribution is 2.40. The summed E-state index contributed by atoms with van der Waals surface area (Å²) in [6.45, 7) is 2.82. The molecule has 3 N–H and O–H groups in total. The van der Waals surface area contributed by atoms with Crippen molar-refractivity contribution in [1.29, 1.82) is 0 Å². The summed E-state index contributed by atoms with van der Waals surface area (Å²) in [4.78, 5) is 19.9. The molecule has 0 radical (unpaired) electrons. The van der Waals surface area contributed by atoms with Crippen LogP contribution in [-0.4, -0.2) is 47.5 Å². The molecule has 7 heteroatoms. The number of fused-ring (bicyclic) bond motifs is 1. The van der Waals surface area contributed by atoms with E-state index in [2.05, 4.69) is 38.2 Å². The van der Waals surface area contributed by atoms with Crippen molar-refractivity contribution in [2.75, 3.05) is 19.6 Å². The van der Waals surface area contributed by atoms with Crippen molar-refractivity contribution in [2.45, 2.75) is 63.1 Å². The Hall–Kier alpha value is -2.35. The molecular weight excluding hydrogens is 429 g/mol. The van der Waals surface area contributed by atoms with Gasteiger partial charge in [0.2, 0.25) is 5.91 Å². The Morgan fingerprint density at radius 3 is 2.85 bits per heavy atom. The first-order chi connectivity index (χ1) is 16.7. The molecule has 6 nitrogen and oxygen atoms in total. The highest BCUT2D eigenvalue weighted by Gasteiger charge is 2.42. The largest absolute Gasteiger partial charge is 0.352 e. The maximum absolute atomic E-state index is 13.5. The number of aromatic nitrogens is 1. The molecular formula is C27H36FN5O. The molecule has 0 bridgehead atoms. The number of nitrogens with one attached hydrogen (secondary N) is 3. The molecule has 5 rings (SSSR count). The van der Waals surface area contributed by atoms with E-state index >= 15 is 0 Å². The van der Waals surface area contributed by atoms with Crippen molar-refractivity contribution in [2.24, 2.45) is 11.8 Å². The van der Waals surface area contributed by atoms with Crippen molar-refractivity contribution >= 4 is 5.91 Å². The van der Waals surface area contributed by atoms with Gasteiger partial charge in [-0.05, 0) is 86.4 Å². The van der Waals surface area contributed by atoms with E-state index in [1.165, 1.54) is 11.6 Å². The Bertz CT molecular complexity index is 957. The predicted octanol–water partition coefficient (Wildman–Crippen LogP) is 3.37. The number of carbonyl (C=O) groups excluding carboxylic acids is 1. The second kappa shape index (κ2) is 10.9. The number of halogens is 1. The van der Waals surface area contributed by atoms with E-state index in [9.17, 15) is 9.18 Å². The molecule has 182 valence electrons. The smallest absolute Gasteiger partial charge is 0.223 e. The Balaban J connectivity index is 1.15. The standard InChI is InChI=1S/C27H36FN5O/c28-22-5-3-4-19(16-22)11-15-33-14-2-1-6-23(18-33)30-27(34)21-7-8-25-24(17-21)26(32-31-25)20-9-12-29-13-10-20/h3-5,9-10,12-13,16,21,23-26,31-32H,1-2,6-8,11,14-15,17-18H2,(H,30,34). The zero-order valence-corrected chi connectivity index (χ0v) is 19.8. The summed E-state index contributed by atoms with van der Waals surface area (Å²) in [5, 5.41) is 3.41. The lowest BCUT2D eigenvalue weighted by molar-refractivity contribution is -0.127. The summed E-state index contributed by atoms with van der Waals surface area (Å²) in [7, 11) is 0. The number of benzene rings is 1. The molecule has 1 aromatic heterocycles. The van der Waals surface area contributed by atoms with Gasteiger partial charge in [-0.25, -0.2) is 9.82 Å². The maximum atomic E-state index is 13.5. The molecule has 1 aliphatic carbocycles. The summed E-state index contributed by atoms with van der Waals surface area (Å²) in [5.41, 5.74) is 9.18. The van der Waals surface area contributed by atoms with Gasteiger partial charge in [0.15, 0.2) is 0 Å². The minimum atomic E-state index is -0.174. The molecule has 5 unspecified atom stereocenters. The molecule has 3 aliphatic rings. The van der Waals surface area contributed by atoms with E-state index in [0.717, 1.165) is 70.1 Å². The quantitative estimate of drug-likeness (QED) is 0.610. The Kier molecular flexibility index (Phi) is 7.52. The Morgan fingerprint density at radius 1 is 1.12 bits per heavy atom. The fourth-order valence-corrected chi connectivity index (χ4v) is 6.04. The van der Waals surface area contributed by atoms with Crippen LogP contribution in [0, 0.1) is 17.7 Å². The fourth-order valence-electron chi connectivity index (χ4n) is 6.04. The molecule has 0 spiro atoms. The number of hydrogen-bond acceptors (Lipinski definition) is 5. The Morgan fingerprint density at radius 2 is 2.00 bits per heavy atom. The molecule has 3 heterocycles. The highest BCUT2D eigenvalue weighted by atomic mass is 19.1. The van der Waals surface area contributed by atoms with Gasteiger partial charge in [0, 0.05) is 43.5 Å². The van der Waals surface area contributed by atoms with Gasteiger partial charge < -0.3 is 10.2 Å². The number of amides is 1. The second-order valence-electron chi connectivity index (χ2n) is 10.2. The zero-order chi connectivity index (χ0) is 23.3. The number of nitrogens with zero attached hydrogens (tertiary/aromatic N) is 2. The first-order valence-electron chi connectivity index (χ1n) is 12.8. The minimum Gasteiger partial charge on any atom is -0.352 e. The van der Waals surface area contributed by atoms with Gasteiger partial charge in [-0.3, -0.25) is 15.2 Å². The summed E-state index contributed by atoms with van der Waals surface area (Å²) < 4.78 is 13.5. The molecule has 1 aromatic carbocycles. The van der Waals surface area contributed by atoms with Crippen LogP contribution in [0.5, 0.6) is 0 Å². The lowest BCUT2D eigenvalue weighted by Crippen LogP contribution is -2.47. The van der Waals surface area contributed by atoms with Crippen molar-refractivity contribution in [3.05, 3.63) is 65.7 Å². The van der Waals surface area contributed by atoms with Crippen LogP contribution < -0.4 is 16.2 Å². The second-order valence-corrected chi connectivity index (χ2v) is 10.2. The van der Waals surface area contributed by atoms with Crippen molar-refractivity contribution in [3.8, 4) is 0 Å². The third-order valence-electron chi connectivity index (χ3n) is 7.90. The first kappa shape index (κ1) is 23.4. The van der Waals surface area contributed by atoms with Crippen LogP contribution in [0.2, 0.25) is 0 Å². The monoisotopic (exact) mass is 465 g/mol. The summed E-state index contributed by atoms with van der Waals surface area (Å²) in [6, 6.07) is 11.8. The normalized spacial score (nSPS) is 29.9. The van der Waals surface area contributed by atoms with Crippen LogP contribution in [0.25, 0.3) is 0 Å². The number of hydrazine groups is 1. The molecule has 34 heavy (non-hydrogen) atoms. The molecule has 2 aromatic rings. The average Bonchev–Trinajstić information content (AvgIpc) is 3.15. The van der Waals surface area contributed by atoms with E-state index in [1.54, 1.807) is 12.1 Å². The van der Waals surface area contributed by atoms with Crippen molar-refractivity contribution in [1.82, 2.24) is 26.1 Å². The third kappa shape index (κ3) is 5.65.